The zero-order valence-corrected chi connectivity index (χ0v) is 21.2. The van der Waals surface area contributed by atoms with Crippen molar-refractivity contribution >= 4 is 17.5 Å². The number of nitrogens with zero attached hydrogens (tertiary/aromatic N) is 2. The van der Waals surface area contributed by atoms with Gasteiger partial charge >= 0.3 is 5.97 Å². The number of carbonyl (C=O) groups excluding carboxylic acids is 1. The molecule has 4 aromatic rings. The quantitative estimate of drug-likeness (QED) is 0.0920. The van der Waals surface area contributed by atoms with Crippen molar-refractivity contribution in [3.63, 3.8) is 0 Å². The highest BCUT2D eigenvalue weighted by Gasteiger charge is 2.24. The number of carboxylic acids is 1. The maximum Gasteiger partial charge on any atom is 0.328 e. The number of nitrogens with two attached hydrogens (primary N) is 1. The number of carboxylic acid groups (broad SMARTS) is 1. The summed E-state index contributed by atoms with van der Waals surface area (Å²) < 4.78 is 0. The molecule has 0 aliphatic carbocycles. The number of Topliss-reactive ketones (excluding diaryl/α,β-unsaturated/α-hetero) is 1. The Bertz CT molecular complexity index is 1510. The van der Waals surface area contributed by atoms with Crippen molar-refractivity contribution in [2.45, 2.75) is 32.2 Å². The molecule has 0 spiro atoms. The third-order valence-electron chi connectivity index (χ3n) is 6.63. The van der Waals surface area contributed by atoms with E-state index < -0.39 is 17.8 Å². The highest BCUT2D eigenvalue weighted by atomic mass is 16.4. The van der Waals surface area contributed by atoms with Crippen LogP contribution >= 0.6 is 0 Å². The first kappa shape index (κ1) is 26.4. The van der Waals surface area contributed by atoms with Crippen LogP contribution in [0.4, 0.5) is 0 Å². The van der Waals surface area contributed by atoms with E-state index in [4.69, 9.17) is 10.8 Å². The van der Waals surface area contributed by atoms with Crippen LogP contribution in [0.2, 0.25) is 0 Å². The molecule has 3 aromatic carbocycles. The summed E-state index contributed by atoms with van der Waals surface area (Å²) in [7, 11) is 0. The summed E-state index contributed by atoms with van der Waals surface area (Å²) in [4.78, 5) is 28.0. The second kappa shape index (κ2) is 11.6. The van der Waals surface area contributed by atoms with Gasteiger partial charge in [0, 0.05) is 35.4 Å². The zero-order valence-electron chi connectivity index (χ0n) is 21.2. The van der Waals surface area contributed by atoms with E-state index in [1.807, 2.05) is 61.5 Å². The number of aliphatic carboxylic acids is 1. The molecule has 7 nitrogen and oxygen atoms in total. The lowest BCUT2D eigenvalue weighted by Crippen LogP contribution is -2.38. The van der Waals surface area contributed by atoms with Gasteiger partial charge in [-0.3, -0.25) is 14.6 Å². The van der Waals surface area contributed by atoms with E-state index in [2.05, 4.69) is 29.2 Å². The molecule has 2 unspecified atom stereocenters. The molecule has 0 amide bonds. The second-order valence-electron chi connectivity index (χ2n) is 9.23. The van der Waals surface area contributed by atoms with Crippen LogP contribution in [0.5, 0.6) is 0 Å². The van der Waals surface area contributed by atoms with E-state index in [0.29, 0.717) is 12.1 Å². The Morgan fingerprint density at radius 2 is 1.61 bits per heavy atom. The first-order chi connectivity index (χ1) is 18.3. The van der Waals surface area contributed by atoms with Gasteiger partial charge in [0.05, 0.1) is 5.71 Å². The Morgan fingerprint density at radius 1 is 0.895 bits per heavy atom. The first-order valence-corrected chi connectivity index (χ1v) is 12.2. The predicted molar refractivity (Wildman–Crippen MR) is 147 cm³/mol. The summed E-state index contributed by atoms with van der Waals surface area (Å²) in [5.74, 6) is -2.14. The van der Waals surface area contributed by atoms with Crippen molar-refractivity contribution in [1.82, 2.24) is 4.98 Å². The molecule has 0 fully saturated rings. The molecule has 4 N–H and O–H groups in total. The topological polar surface area (TPSA) is 126 Å². The molecule has 0 saturated carbocycles. The van der Waals surface area contributed by atoms with Crippen molar-refractivity contribution in [3.05, 3.63) is 125 Å². The van der Waals surface area contributed by atoms with Crippen LogP contribution in [0.25, 0.3) is 11.1 Å². The zero-order chi connectivity index (χ0) is 27.2. The van der Waals surface area contributed by atoms with E-state index >= 15 is 0 Å². The lowest BCUT2D eigenvalue weighted by molar-refractivity contribution is -0.137. The molecule has 2 atom stereocenters. The van der Waals surface area contributed by atoms with Gasteiger partial charge in [-0.15, -0.1) is 0 Å². The fraction of sp³-hybridized carbons (Fsp3) is 0.161. The van der Waals surface area contributed by atoms with Gasteiger partial charge in [0.25, 0.3) is 0 Å². The average Bonchev–Trinajstić information content (AvgIpc) is 2.93. The Balaban J connectivity index is 1.76. The largest absolute Gasteiger partial charge is 0.480 e. The minimum absolute atomic E-state index is 0.124. The average molecular weight is 508 g/mol. The van der Waals surface area contributed by atoms with Gasteiger partial charge in [-0.2, -0.15) is 0 Å². The van der Waals surface area contributed by atoms with Crippen LogP contribution in [0.3, 0.4) is 0 Å². The predicted octanol–water partition coefficient (Wildman–Crippen LogP) is 5.36. The number of pyridine rings is 1. The fourth-order valence-corrected chi connectivity index (χ4v) is 4.60. The standard InChI is InChI=1S/C31H29N3O4/c1-19-7-3-4-12-26(19)27(18-28(34-38)24-13-14-33-20(2)15-24)23-10-5-8-21(16-23)22-9-6-11-25(17-22)30(35)29(32)31(36)37/h3-17,27,29,38H,18,32H2,1-2H3,(H,36,37)/b34-28+. The van der Waals surface area contributed by atoms with Crippen LogP contribution in [-0.2, 0) is 4.79 Å². The van der Waals surface area contributed by atoms with Gasteiger partial charge in [-0.05, 0) is 59.9 Å². The Labute approximate surface area is 221 Å². The summed E-state index contributed by atoms with van der Waals surface area (Å²) in [6.07, 6.45) is 2.14. The molecular formula is C31H29N3O4. The summed E-state index contributed by atoms with van der Waals surface area (Å²) in [5.41, 5.74) is 12.8. The van der Waals surface area contributed by atoms with E-state index in [1.165, 1.54) is 0 Å². The molecule has 1 aromatic heterocycles. The molecule has 192 valence electrons. The van der Waals surface area contributed by atoms with E-state index in [-0.39, 0.29) is 11.5 Å². The van der Waals surface area contributed by atoms with Crippen molar-refractivity contribution in [2.24, 2.45) is 10.9 Å². The molecule has 4 rings (SSSR count). The number of benzene rings is 3. The minimum atomic E-state index is -1.62. The summed E-state index contributed by atoms with van der Waals surface area (Å²) in [5, 5.41) is 22.8. The normalized spacial score (nSPS) is 13.1. The van der Waals surface area contributed by atoms with Crippen LogP contribution in [0.15, 0.2) is 96.3 Å². The smallest absolute Gasteiger partial charge is 0.328 e. The van der Waals surface area contributed by atoms with Crippen LogP contribution in [0, 0.1) is 13.8 Å². The number of rotatable bonds is 9. The van der Waals surface area contributed by atoms with Gasteiger partial charge in [0.2, 0.25) is 0 Å². The molecule has 0 bridgehead atoms. The maximum atomic E-state index is 12.5. The highest BCUT2D eigenvalue weighted by molar-refractivity contribution is 6.11. The molecule has 38 heavy (non-hydrogen) atoms. The molecule has 7 heteroatoms. The summed E-state index contributed by atoms with van der Waals surface area (Å²) in [6.45, 7) is 3.95. The summed E-state index contributed by atoms with van der Waals surface area (Å²) >= 11 is 0. The van der Waals surface area contributed by atoms with Gasteiger partial charge in [-0.25, -0.2) is 0 Å². The van der Waals surface area contributed by atoms with Crippen molar-refractivity contribution in [3.8, 4) is 11.1 Å². The van der Waals surface area contributed by atoms with Crippen molar-refractivity contribution < 1.29 is 19.9 Å². The molecule has 0 radical (unpaired) electrons. The Hall–Kier alpha value is -4.62. The number of hydrogen-bond acceptors (Lipinski definition) is 6. The number of aromatic nitrogens is 1. The van der Waals surface area contributed by atoms with Gasteiger partial charge in [0.1, 0.15) is 0 Å². The number of oxime groups is 1. The Kier molecular flexibility index (Phi) is 8.09. The van der Waals surface area contributed by atoms with Crippen molar-refractivity contribution in [2.75, 3.05) is 0 Å². The van der Waals surface area contributed by atoms with Gasteiger partial charge in [-0.1, -0.05) is 71.9 Å². The minimum Gasteiger partial charge on any atom is -0.480 e. The lowest BCUT2D eigenvalue weighted by Gasteiger charge is -2.22. The molecule has 0 saturated heterocycles. The number of hydrogen-bond donors (Lipinski definition) is 3. The second-order valence-corrected chi connectivity index (χ2v) is 9.23. The van der Waals surface area contributed by atoms with E-state index in [1.54, 1.807) is 24.4 Å². The monoisotopic (exact) mass is 507 g/mol. The fourth-order valence-electron chi connectivity index (χ4n) is 4.60. The van der Waals surface area contributed by atoms with Gasteiger partial charge < -0.3 is 16.0 Å². The van der Waals surface area contributed by atoms with Gasteiger partial charge in [0.15, 0.2) is 11.8 Å². The van der Waals surface area contributed by atoms with E-state index in [0.717, 1.165) is 39.1 Å². The third-order valence-corrected chi connectivity index (χ3v) is 6.63. The summed E-state index contributed by atoms with van der Waals surface area (Å²) in [6, 6.07) is 25.0. The maximum absolute atomic E-state index is 12.5. The lowest BCUT2D eigenvalue weighted by atomic mass is 9.82. The molecule has 0 aliphatic heterocycles. The van der Waals surface area contributed by atoms with Crippen molar-refractivity contribution in [1.29, 1.82) is 0 Å². The molecule has 0 aliphatic rings. The van der Waals surface area contributed by atoms with E-state index in [9.17, 15) is 14.8 Å². The molecule has 1 heterocycles. The number of carbonyl (C=O) groups is 2. The Morgan fingerprint density at radius 3 is 2.29 bits per heavy atom. The highest BCUT2D eigenvalue weighted by Crippen LogP contribution is 2.34. The van der Waals surface area contributed by atoms with Crippen LogP contribution < -0.4 is 5.73 Å². The van der Waals surface area contributed by atoms with Crippen LogP contribution in [0.1, 0.15) is 50.6 Å². The SMILES string of the molecule is Cc1cc(/C(CC(c2cccc(-c3cccc(C(=O)C(N)C(=O)O)c3)c2)c2ccccc2C)=N/O)ccn1. The third kappa shape index (κ3) is 5.85. The number of aryl methyl sites for hydroxylation is 2. The van der Waals surface area contributed by atoms with Crippen LogP contribution in [-0.4, -0.2) is 38.8 Å². The molecular weight excluding hydrogens is 478 g/mol. The number of ketones is 1. The first-order valence-electron chi connectivity index (χ1n) is 12.2.